The van der Waals surface area contributed by atoms with E-state index < -0.39 is 0 Å². The number of ether oxygens (including phenoxy) is 2. The summed E-state index contributed by atoms with van der Waals surface area (Å²) in [5.74, 6) is 1.44. The van der Waals surface area contributed by atoms with Crippen molar-refractivity contribution < 1.29 is 9.47 Å². The molecule has 0 saturated carbocycles. The predicted octanol–water partition coefficient (Wildman–Crippen LogP) is 4.00. The van der Waals surface area contributed by atoms with Crippen molar-refractivity contribution in [2.75, 3.05) is 14.2 Å². The quantitative estimate of drug-likeness (QED) is 0.892. The van der Waals surface area contributed by atoms with Crippen LogP contribution in [-0.2, 0) is 0 Å². The van der Waals surface area contributed by atoms with Crippen molar-refractivity contribution in [2.45, 2.75) is 6.04 Å². The Bertz CT molecular complexity index is 508. The molecule has 104 valence electrons. The Kier molecular flexibility index (Phi) is 6.13. The third-order valence-electron chi connectivity index (χ3n) is 2.73. The van der Waals surface area contributed by atoms with E-state index >= 15 is 0 Å². The van der Waals surface area contributed by atoms with E-state index in [2.05, 4.69) is 15.9 Å². The van der Waals surface area contributed by atoms with Crippen LogP contribution in [0.2, 0.25) is 0 Å². The van der Waals surface area contributed by atoms with Crippen LogP contribution in [0.25, 0.3) is 0 Å². The molecular formula is C13H15BrClNO2S. The maximum Gasteiger partial charge on any atom is 0.137 e. The predicted molar refractivity (Wildman–Crippen MR) is 84.8 cm³/mol. The fraction of sp³-hybridized carbons (Fsp3) is 0.231. The summed E-state index contributed by atoms with van der Waals surface area (Å²) in [5.41, 5.74) is 8.29. The second kappa shape index (κ2) is 7.14. The summed E-state index contributed by atoms with van der Waals surface area (Å²) in [6, 6.07) is 5.70. The first-order valence-electron chi connectivity index (χ1n) is 5.36. The Balaban J connectivity index is 0.00000180. The van der Waals surface area contributed by atoms with Crippen LogP contribution < -0.4 is 15.2 Å². The largest absolute Gasteiger partial charge is 0.495 e. The van der Waals surface area contributed by atoms with Crippen LogP contribution in [0, 0.1) is 0 Å². The number of thiophene rings is 1. The summed E-state index contributed by atoms with van der Waals surface area (Å²) < 4.78 is 11.4. The summed E-state index contributed by atoms with van der Waals surface area (Å²) in [6.07, 6.45) is 0. The van der Waals surface area contributed by atoms with Crippen LogP contribution in [0.3, 0.4) is 0 Å². The van der Waals surface area contributed by atoms with E-state index in [1.54, 1.807) is 25.6 Å². The van der Waals surface area contributed by atoms with Crippen LogP contribution in [0.15, 0.2) is 33.4 Å². The van der Waals surface area contributed by atoms with Crippen molar-refractivity contribution in [1.29, 1.82) is 0 Å². The number of methoxy groups -OCH3 is 2. The van der Waals surface area contributed by atoms with E-state index in [1.807, 2.05) is 29.0 Å². The molecule has 0 saturated heterocycles. The van der Waals surface area contributed by atoms with E-state index in [0.29, 0.717) is 0 Å². The van der Waals surface area contributed by atoms with Crippen LogP contribution in [-0.4, -0.2) is 14.2 Å². The molecule has 2 N–H and O–H groups in total. The minimum absolute atomic E-state index is 0. The van der Waals surface area contributed by atoms with Crippen LogP contribution >= 0.6 is 39.7 Å². The SMILES string of the molecule is COc1cc([C@@H](N)c2ccsc2)cc(OC)c1Br.Cl. The zero-order valence-corrected chi connectivity index (χ0v) is 13.8. The Morgan fingerprint density at radius 3 is 2.16 bits per heavy atom. The highest BCUT2D eigenvalue weighted by atomic mass is 79.9. The van der Waals surface area contributed by atoms with Gasteiger partial charge in [-0.1, -0.05) is 0 Å². The molecule has 0 amide bonds. The smallest absolute Gasteiger partial charge is 0.137 e. The molecule has 1 aromatic heterocycles. The van der Waals surface area contributed by atoms with Gasteiger partial charge in [0.15, 0.2) is 0 Å². The fourth-order valence-electron chi connectivity index (χ4n) is 1.71. The van der Waals surface area contributed by atoms with Gasteiger partial charge in [-0.3, -0.25) is 0 Å². The molecular weight excluding hydrogens is 350 g/mol. The van der Waals surface area contributed by atoms with E-state index in [1.165, 1.54) is 0 Å². The van der Waals surface area contributed by atoms with E-state index in [-0.39, 0.29) is 18.4 Å². The maximum atomic E-state index is 6.24. The molecule has 1 aromatic carbocycles. The zero-order valence-electron chi connectivity index (χ0n) is 10.6. The Labute approximate surface area is 131 Å². The third kappa shape index (κ3) is 3.42. The summed E-state index contributed by atoms with van der Waals surface area (Å²) >= 11 is 5.08. The van der Waals surface area contributed by atoms with Crippen LogP contribution in [0.5, 0.6) is 11.5 Å². The summed E-state index contributed by atoms with van der Waals surface area (Å²) in [4.78, 5) is 0. The first-order valence-corrected chi connectivity index (χ1v) is 7.10. The van der Waals surface area contributed by atoms with Gasteiger partial charge < -0.3 is 15.2 Å². The second-order valence-corrected chi connectivity index (χ2v) is 5.35. The Hall–Kier alpha value is -0.750. The first kappa shape index (κ1) is 16.3. The molecule has 2 rings (SSSR count). The van der Waals surface area contributed by atoms with Gasteiger partial charge >= 0.3 is 0 Å². The highest BCUT2D eigenvalue weighted by Crippen LogP contribution is 2.38. The molecule has 6 heteroatoms. The van der Waals surface area contributed by atoms with Crippen molar-refractivity contribution in [2.24, 2.45) is 5.73 Å². The number of benzene rings is 1. The number of rotatable bonds is 4. The maximum absolute atomic E-state index is 6.24. The normalized spacial score (nSPS) is 11.6. The average molecular weight is 365 g/mol. The van der Waals surface area contributed by atoms with Gasteiger partial charge in [-0.2, -0.15) is 11.3 Å². The molecule has 1 atom stereocenters. The lowest BCUT2D eigenvalue weighted by Crippen LogP contribution is -2.11. The summed E-state index contributed by atoms with van der Waals surface area (Å²) in [6.45, 7) is 0. The molecule has 0 aliphatic rings. The Morgan fingerprint density at radius 2 is 1.74 bits per heavy atom. The highest BCUT2D eigenvalue weighted by Gasteiger charge is 2.15. The minimum atomic E-state index is -0.174. The molecule has 3 nitrogen and oxygen atoms in total. The third-order valence-corrected chi connectivity index (χ3v) is 4.21. The fourth-order valence-corrected chi connectivity index (χ4v) is 2.96. The van der Waals surface area contributed by atoms with Crippen molar-refractivity contribution in [3.05, 3.63) is 44.6 Å². The molecule has 19 heavy (non-hydrogen) atoms. The van der Waals surface area contributed by atoms with Gasteiger partial charge in [-0.05, 0) is 56.0 Å². The van der Waals surface area contributed by atoms with Crippen molar-refractivity contribution >= 4 is 39.7 Å². The number of nitrogens with two attached hydrogens (primary N) is 1. The second-order valence-electron chi connectivity index (χ2n) is 3.77. The van der Waals surface area contributed by atoms with Crippen LogP contribution in [0.1, 0.15) is 17.2 Å². The topological polar surface area (TPSA) is 44.5 Å². The van der Waals surface area contributed by atoms with Gasteiger partial charge in [0.2, 0.25) is 0 Å². The Morgan fingerprint density at radius 1 is 1.16 bits per heavy atom. The molecule has 0 aliphatic heterocycles. The molecule has 0 aliphatic carbocycles. The highest BCUT2D eigenvalue weighted by molar-refractivity contribution is 9.10. The van der Waals surface area contributed by atoms with Crippen molar-refractivity contribution in [1.82, 2.24) is 0 Å². The van der Waals surface area contributed by atoms with Crippen molar-refractivity contribution in [3.8, 4) is 11.5 Å². The average Bonchev–Trinajstić information content (AvgIpc) is 2.92. The summed E-state index contributed by atoms with van der Waals surface area (Å²) in [5, 5.41) is 4.06. The molecule has 0 fully saturated rings. The number of halogens is 2. The summed E-state index contributed by atoms with van der Waals surface area (Å²) in [7, 11) is 3.25. The van der Waals surface area contributed by atoms with Gasteiger partial charge in [0.1, 0.15) is 16.0 Å². The first-order chi connectivity index (χ1) is 8.67. The molecule has 2 aromatic rings. The standard InChI is InChI=1S/C13H14BrNO2S.ClH/c1-16-10-5-9(6-11(17-2)12(10)14)13(15)8-3-4-18-7-8;/h3-7,13H,15H2,1-2H3;1H/t13-;/m0./s1. The number of hydrogen-bond acceptors (Lipinski definition) is 4. The van der Waals surface area contributed by atoms with Gasteiger partial charge in [0.05, 0.1) is 20.3 Å². The molecule has 0 spiro atoms. The lowest BCUT2D eigenvalue weighted by atomic mass is 10.0. The molecule has 0 radical (unpaired) electrons. The molecule has 1 heterocycles. The number of hydrogen-bond donors (Lipinski definition) is 1. The van der Waals surface area contributed by atoms with Crippen molar-refractivity contribution in [3.63, 3.8) is 0 Å². The molecule has 0 bridgehead atoms. The molecule has 0 unspecified atom stereocenters. The zero-order chi connectivity index (χ0) is 13.1. The van der Waals surface area contributed by atoms with Gasteiger partial charge in [0, 0.05) is 0 Å². The van der Waals surface area contributed by atoms with E-state index in [9.17, 15) is 0 Å². The lowest BCUT2D eigenvalue weighted by Gasteiger charge is -2.15. The van der Waals surface area contributed by atoms with Crippen LogP contribution in [0.4, 0.5) is 0 Å². The van der Waals surface area contributed by atoms with Gasteiger partial charge in [0.25, 0.3) is 0 Å². The van der Waals surface area contributed by atoms with E-state index in [4.69, 9.17) is 15.2 Å². The van der Waals surface area contributed by atoms with Gasteiger partial charge in [-0.15, -0.1) is 12.4 Å². The monoisotopic (exact) mass is 363 g/mol. The van der Waals surface area contributed by atoms with E-state index in [0.717, 1.165) is 27.1 Å². The minimum Gasteiger partial charge on any atom is -0.495 e. The lowest BCUT2D eigenvalue weighted by molar-refractivity contribution is 0.388. The van der Waals surface area contributed by atoms with Gasteiger partial charge in [-0.25, -0.2) is 0 Å².